The van der Waals surface area contributed by atoms with Gasteiger partial charge in [-0.3, -0.25) is 0 Å². The van der Waals surface area contributed by atoms with E-state index in [0.29, 0.717) is 0 Å². The largest absolute Gasteiger partial charge is 1.00 e. The molecule has 0 aliphatic carbocycles. The fourth-order valence-corrected chi connectivity index (χ4v) is 0. The van der Waals surface area contributed by atoms with E-state index in [1.165, 1.54) is 0 Å². The van der Waals surface area contributed by atoms with E-state index in [2.05, 4.69) is 0 Å². The molecule has 0 radical (unpaired) electrons. The molecule has 46 valence electrons. The Kier molecular flexibility index (Phi) is 6.52. The van der Waals surface area contributed by atoms with E-state index in [-0.39, 0.29) is 25.1 Å². The molecule has 0 aromatic rings. The molecule has 0 fully saturated rings. The number of nitrogens with zero attached hydrogens (tertiary/aromatic N) is 1. The Morgan fingerprint density at radius 2 is 2.00 bits per heavy atom. The summed E-state index contributed by atoms with van der Waals surface area (Å²) in [6.45, 7) is 0. The van der Waals surface area contributed by atoms with E-state index >= 15 is 0 Å². The van der Waals surface area contributed by atoms with Crippen LogP contribution in [0.3, 0.4) is 0 Å². The number of hydrogen-bond donors (Lipinski definition) is 1. The summed E-state index contributed by atoms with van der Waals surface area (Å²) in [7, 11) is 0. The van der Waals surface area contributed by atoms with Gasteiger partial charge in [0.25, 0.3) is 5.09 Å². The molecule has 1 N–H and O–H groups in total. The molecule has 4 nitrogen and oxygen atoms in total. The van der Waals surface area contributed by atoms with Crippen molar-refractivity contribution in [1.82, 2.24) is 0 Å². The Morgan fingerprint density at radius 3 is 2.00 bits per heavy atom. The van der Waals surface area contributed by atoms with Gasteiger partial charge in [-0.25, -0.2) is 0 Å². The third-order valence-corrected chi connectivity index (χ3v) is 0. The van der Waals surface area contributed by atoms with Crippen molar-refractivity contribution in [1.29, 1.82) is 0 Å². The maximum absolute atomic E-state index is 8.36. The molecule has 0 rings (SSSR count). The van der Waals surface area contributed by atoms with Crippen LogP contribution < -0.4 is 0 Å². The molecule has 0 aliphatic heterocycles. The zero-order valence-corrected chi connectivity index (χ0v) is 3.01. The fraction of sp³-hybridized carbons (Fsp3) is 0. The van der Waals surface area contributed by atoms with Gasteiger partial charge < -0.3 is 13.8 Å². The molecule has 0 saturated heterocycles. The van der Waals surface area contributed by atoms with Crippen LogP contribution >= 0.6 is 0 Å². The third kappa shape index (κ3) is 113. The average molecular weight is 128 g/mol. The van der Waals surface area contributed by atoms with Crippen LogP contribution in [0, 0.1) is 10.1 Å². The van der Waals surface area contributed by atoms with Crippen LogP contribution in [0.15, 0.2) is 0 Å². The smallest absolute Gasteiger partial charge is 0.291 e. The normalized spacial score (nSPS) is 4.80. The summed E-state index contributed by atoms with van der Waals surface area (Å²) in [5.41, 5.74) is 0. The zero-order valence-electron chi connectivity index (χ0n) is 8.03. The summed E-state index contributed by atoms with van der Waals surface area (Å²) in [6.07, 6.45) is 0. The van der Waals surface area contributed by atoms with Gasteiger partial charge in [0.05, 0.1) is 0 Å². The Bertz CT molecular complexity index is 40.8. The molecule has 0 aliphatic rings. The van der Waals surface area contributed by atoms with Gasteiger partial charge in [-0.2, -0.15) is 0 Å². The zero-order chi connectivity index (χ0) is 3.58. The summed E-state index contributed by atoms with van der Waals surface area (Å²) in [6, 6.07) is 0. The van der Waals surface area contributed by atoms with Crippen molar-refractivity contribution in [3.63, 3.8) is 0 Å². The van der Waals surface area contributed by atoms with E-state index in [1.807, 2.05) is 0 Å². The number of hydrogen-bond acceptors (Lipinski definition) is 2. The second-order valence-electron chi connectivity index (χ2n) is 0.238. The standard InChI is InChI=1S/HNO3.Ni.6H/c2-1(3)4;;;;;;;/h(H,2,3,4);;;;;;;/q;;6*-1. The molecule has 0 saturated carbocycles. The predicted octanol–water partition coefficient (Wildman–Crippen LogP) is 0.325. The van der Waals surface area contributed by atoms with Crippen molar-refractivity contribution in [2.75, 3.05) is 0 Å². The van der Waals surface area contributed by atoms with Gasteiger partial charge in [-0.15, -0.1) is 10.1 Å². The maximum Gasteiger partial charge on any atom is 0.291 e. The van der Waals surface area contributed by atoms with Crippen LogP contribution in [0.5, 0.6) is 0 Å². The first-order valence-electron chi connectivity index (χ1n) is 0.565. The van der Waals surface area contributed by atoms with Crippen LogP contribution in [0.1, 0.15) is 8.56 Å². The Hall–Kier alpha value is -0.306. The minimum absolute atomic E-state index is 0. The first-order valence-corrected chi connectivity index (χ1v) is 0.565. The second kappa shape index (κ2) is 3.69. The molecule has 0 bridgehead atoms. The van der Waals surface area contributed by atoms with Crippen LogP contribution in [0.4, 0.5) is 0 Å². The van der Waals surface area contributed by atoms with Gasteiger partial charge in [0, 0.05) is 16.5 Å². The van der Waals surface area contributed by atoms with Crippen LogP contribution in [-0.2, 0) is 16.5 Å². The summed E-state index contributed by atoms with van der Waals surface area (Å²) in [4.78, 5) is 8.36. The molecule has 0 spiro atoms. The molecule has 0 aromatic heterocycles. The third-order valence-electron chi connectivity index (χ3n) is 0. The molecule has 0 unspecified atom stereocenters. The first kappa shape index (κ1) is 8.83. The molecular weight excluding hydrogens is 121 g/mol. The van der Waals surface area contributed by atoms with Crippen molar-refractivity contribution < 1.29 is 35.3 Å². The predicted molar refractivity (Wildman–Crippen MR) is 15.5 cm³/mol. The van der Waals surface area contributed by atoms with E-state index in [9.17, 15) is 0 Å². The molecule has 0 heterocycles. The maximum atomic E-state index is 8.36. The Labute approximate surface area is 46.7 Å². The average Bonchev–Trinajstić information content (AvgIpc) is 0.811. The minimum Gasteiger partial charge on any atom is -1.00 e. The van der Waals surface area contributed by atoms with Crippen molar-refractivity contribution in [3.8, 4) is 0 Å². The van der Waals surface area contributed by atoms with Crippen LogP contribution in [-0.4, -0.2) is 10.3 Å². The van der Waals surface area contributed by atoms with Gasteiger partial charge in [0.15, 0.2) is 0 Å². The van der Waals surface area contributed by atoms with Gasteiger partial charge >= 0.3 is 0 Å². The van der Waals surface area contributed by atoms with Gasteiger partial charge in [-0.1, -0.05) is 0 Å². The van der Waals surface area contributed by atoms with Crippen molar-refractivity contribution in [3.05, 3.63) is 10.1 Å². The summed E-state index contributed by atoms with van der Waals surface area (Å²) >= 11 is 0. The SMILES string of the molecule is O=[N+]([O-])O.[H-].[H-].[H-].[H-].[H-].[H-].[Ni]. The summed E-state index contributed by atoms with van der Waals surface area (Å²) in [5.74, 6) is 0. The molecule has 0 amide bonds. The monoisotopic (exact) mass is 127 g/mol. The van der Waals surface area contributed by atoms with Gasteiger partial charge in [-0.05, 0) is 0 Å². The van der Waals surface area contributed by atoms with Crippen molar-refractivity contribution in [2.24, 2.45) is 0 Å². The van der Waals surface area contributed by atoms with Gasteiger partial charge in [0.1, 0.15) is 0 Å². The molecule has 0 aromatic carbocycles. The Morgan fingerprint density at radius 1 is 2.00 bits per heavy atom. The molecule has 0 atom stereocenters. The quantitative estimate of drug-likeness (QED) is 0.290. The second-order valence-corrected chi connectivity index (χ2v) is 0.238. The van der Waals surface area contributed by atoms with Gasteiger partial charge in [0.2, 0.25) is 0 Å². The minimum atomic E-state index is -1.50. The molecule has 5 heteroatoms. The van der Waals surface area contributed by atoms with E-state index in [1.54, 1.807) is 0 Å². The summed E-state index contributed by atoms with van der Waals surface area (Å²) < 4.78 is 0. The number of rotatable bonds is 0. The molecular formula is H7NNiO3-6. The van der Waals surface area contributed by atoms with Crippen LogP contribution in [0.25, 0.3) is 0 Å². The van der Waals surface area contributed by atoms with Crippen LogP contribution in [0.2, 0.25) is 0 Å². The van der Waals surface area contributed by atoms with E-state index in [4.69, 9.17) is 15.3 Å². The Balaban J connectivity index is -0.00000000214. The van der Waals surface area contributed by atoms with E-state index in [0.717, 1.165) is 0 Å². The van der Waals surface area contributed by atoms with E-state index < -0.39 is 5.09 Å². The fourth-order valence-electron chi connectivity index (χ4n) is 0. The topological polar surface area (TPSA) is 63.4 Å². The van der Waals surface area contributed by atoms with Crippen molar-refractivity contribution >= 4 is 0 Å². The molecule has 5 heavy (non-hydrogen) atoms. The van der Waals surface area contributed by atoms with Crippen molar-refractivity contribution in [2.45, 2.75) is 0 Å². The first-order chi connectivity index (χ1) is 1.73. The summed E-state index contributed by atoms with van der Waals surface area (Å²) in [5, 5.41) is 13.6.